The Morgan fingerprint density at radius 2 is 0.896 bits per heavy atom. The van der Waals surface area contributed by atoms with Gasteiger partial charge in [-0.1, -0.05) is 270 Å². The van der Waals surface area contributed by atoms with Gasteiger partial charge in [0.2, 0.25) is 35.4 Å². The predicted molar refractivity (Wildman–Crippen MR) is 592 cm³/mol. The fraction of sp³-hybridized carbons (Fsp3) is 0.583. The van der Waals surface area contributed by atoms with Gasteiger partial charge in [0.05, 0.1) is 37.7 Å². The van der Waals surface area contributed by atoms with E-state index in [1.807, 2.05) is 228 Å². The molecule has 144 heavy (non-hydrogen) atoms. The van der Waals surface area contributed by atoms with Gasteiger partial charge in [0, 0.05) is 223 Å². The number of piperazine rings is 4. The minimum Gasteiger partial charge on any atom is -0.504 e. The predicted octanol–water partition coefficient (Wildman–Crippen LogP) is 22.4. The second-order valence-corrected chi connectivity index (χ2v) is 48.2. The number of carbonyl (C=O) groups excluding carboxylic acids is 6. The number of anilines is 3. The molecule has 2 aromatic heterocycles. The second-order valence-electron chi connectivity index (χ2n) is 47.8. The maximum atomic E-state index is 12.3. The molecular weight excluding hydrogens is 1820 g/mol. The van der Waals surface area contributed by atoms with Crippen LogP contribution < -0.4 is 29.5 Å². The summed E-state index contributed by atoms with van der Waals surface area (Å²) in [5.41, 5.74) is 13.9. The first-order chi connectivity index (χ1) is 67.4. The number of aromatic nitrogens is 3. The number of nitrogens with one attached hydrogen (secondary N) is 1. The van der Waals surface area contributed by atoms with E-state index in [1.54, 1.807) is 18.3 Å². The van der Waals surface area contributed by atoms with Crippen molar-refractivity contribution in [1.82, 2.24) is 49.5 Å². The average molecular weight is 2000 g/mol. The molecule has 6 aliphatic heterocycles. The smallest absolute Gasteiger partial charge is 0.228 e. The van der Waals surface area contributed by atoms with Gasteiger partial charge in [-0.05, 0) is 181 Å². The molecule has 0 radical (unpaired) electrons. The summed E-state index contributed by atoms with van der Waals surface area (Å²) in [6, 6.07) is 52.3. The van der Waals surface area contributed by atoms with Crippen LogP contribution in [0.1, 0.15) is 274 Å². The third-order valence-electron chi connectivity index (χ3n) is 27.2. The van der Waals surface area contributed by atoms with Gasteiger partial charge >= 0.3 is 0 Å². The molecular formula is C120H180ClN13O10. The van der Waals surface area contributed by atoms with E-state index in [0.717, 1.165) is 157 Å². The van der Waals surface area contributed by atoms with E-state index >= 15 is 0 Å². The van der Waals surface area contributed by atoms with Crippen LogP contribution in [0.5, 0.6) is 17.2 Å². The van der Waals surface area contributed by atoms with E-state index in [9.17, 15) is 33.9 Å². The molecule has 7 aliphatic rings. The molecule has 6 saturated heterocycles. The molecule has 3 atom stereocenters. The zero-order valence-electron chi connectivity index (χ0n) is 93.6. The highest BCUT2D eigenvalue weighted by molar-refractivity contribution is 6.31. The van der Waals surface area contributed by atoms with Crippen LogP contribution in [0.15, 0.2) is 170 Å². The maximum Gasteiger partial charge on any atom is 0.228 e. The molecule has 6 aromatic carbocycles. The second kappa shape index (κ2) is 53.2. The lowest BCUT2D eigenvalue weighted by molar-refractivity contribution is -0.147. The maximum absolute atomic E-state index is 12.3. The monoisotopic (exact) mass is 2000 g/mol. The number of methoxy groups -OCH3 is 1. The molecule has 2 N–H and O–H groups in total. The summed E-state index contributed by atoms with van der Waals surface area (Å²) in [6.07, 6.45) is 15.2. The molecule has 1 saturated carbocycles. The van der Waals surface area contributed by atoms with E-state index in [0.29, 0.717) is 50.6 Å². The zero-order valence-corrected chi connectivity index (χ0v) is 94.4. The number of hydrogen-bond donors (Lipinski definition) is 2. The number of pyridine rings is 1. The van der Waals surface area contributed by atoms with Gasteiger partial charge in [-0.3, -0.25) is 38.4 Å². The Morgan fingerprint density at radius 1 is 0.438 bits per heavy atom. The van der Waals surface area contributed by atoms with Crippen molar-refractivity contribution >= 4 is 64.1 Å². The van der Waals surface area contributed by atoms with E-state index in [4.69, 9.17) is 25.8 Å². The summed E-state index contributed by atoms with van der Waals surface area (Å²) >= 11 is 6.18. The number of phenols is 1. The van der Waals surface area contributed by atoms with Gasteiger partial charge < -0.3 is 68.7 Å². The van der Waals surface area contributed by atoms with Gasteiger partial charge in [0.1, 0.15) is 5.75 Å². The molecule has 15 rings (SSSR count). The molecule has 24 heteroatoms. The summed E-state index contributed by atoms with van der Waals surface area (Å²) in [7, 11) is 3.47. The Hall–Kier alpha value is -10.5. The molecule has 0 spiro atoms. The number of aromatic hydroxyl groups is 1. The lowest BCUT2D eigenvalue weighted by Crippen LogP contribution is -2.51. The number of ether oxygens (including phenoxy) is 3. The van der Waals surface area contributed by atoms with E-state index in [2.05, 4.69) is 189 Å². The summed E-state index contributed by atoms with van der Waals surface area (Å²) in [5.74, 6) is 3.50. The Morgan fingerprint density at radius 3 is 1.34 bits per heavy atom. The van der Waals surface area contributed by atoms with Crippen LogP contribution in [-0.2, 0) is 70.6 Å². The summed E-state index contributed by atoms with van der Waals surface area (Å²) in [4.78, 5) is 96.1. The van der Waals surface area contributed by atoms with Crippen molar-refractivity contribution in [3.8, 4) is 17.2 Å². The van der Waals surface area contributed by atoms with Crippen molar-refractivity contribution in [3.63, 3.8) is 0 Å². The average Bonchev–Trinajstić information content (AvgIpc) is 1.47. The van der Waals surface area contributed by atoms with Crippen LogP contribution >= 0.6 is 11.6 Å². The summed E-state index contributed by atoms with van der Waals surface area (Å²) in [6.45, 7) is 73.5. The van der Waals surface area contributed by atoms with Crippen LogP contribution in [0.25, 0.3) is 0 Å². The van der Waals surface area contributed by atoms with Gasteiger partial charge in [0.25, 0.3) is 0 Å². The number of carbonyl (C=O) groups is 6. The number of amides is 6. The fourth-order valence-corrected chi connectivity index (χ4v) is 18.8. The Labute approximate surface area is 871 Å². The lowest BCUT2D eigenvalue weighted by atomic mass is 9.83. The number of halogens is 1. The first-order valence-corrected chi connectivity index (χ1v) is 53.1. The number of nitrogens with zero attached hydrogens (tertiary/aromatic N) is 12. The molecule has 7 fully saturated rings. The lowest BCUT2D eigenvalue weighted by Gasteiger charge is -2.38. The SMILES string of the molecule is CC(C)(C)C(=O)N1CCC(c2ccncc2)C1.CC(C)(C)C(=O)N1CCOC(Cc2ccccc2)C1.CC(C)(C)c1ccc(OC2CCCC2)cc1.CCc1ccc(C(C)(C)C)c(C)c1.CCc1cccc(N2CCN(C(=O)C(C)(C)C)CC2)c1.COc1ccc(N2CCN(C(=O)C(C)(C)C)CC2)cc1O.Cc1ccc(N2CCN(C(=O)C(C)(C)C)CC2)cc1Cl.Cn1nccc1C1CN(C(=O)C(C)(C)C)CCN1. The normalized spacial score (nSPS) is 17.7. The third-order valence-corrected chi connectivity index (χ3v) is 27.6. The number of benzene rings is 6. The quantitative estimate of drug-likeness (QED) is 0.116. The van der Waals surface area contributed by atoms with Gasteiger partial charge in [-0.15, -0.1) is 0 Å². The van der Waals surface area contributed by atoms with Gasteiger partial charge in [-0.2, -0.15) is 5.10 Å². The number of phenolic OH excluding ortho intramolecular Hbond substituents is 1. The Kier molecular flexibility index (Phi) is 43.9. The molecule has 3 unspecified atom stereocenters. The van der Waals surface area contributed by atoms with Crippen molar-refractivity contribution in [2.45, 2.75) is 280 Å². The number of likely N-dealkylation sites (tertiary alicyclic amines) is 1. The van der Waals surface area contributed by atoms with E-state index in [-0.39, 0.29) is 96.7 Å². The van der Waals surface area contributed by atoms with Crippen molar-refractivity contribution in [1.29, 1.82) is 0 Å². The highest BCUT2D eigenvalue weighted by Gasteiger charge is 2.39. The molecule has 792 valence electrons. The molecule has 1 aliphatic carbocycles. The molecule has 8 heterocycles. The Bertz CT molecular complexity index is 5330. The topological polar surface area (TPSA) is 222 Å². The third kappa shape index (κ3) is 36.9. The molecule has 23 nitrogen and oxygen atoms in total. The number of hydrogen-bond acceptors (Lipinski definition) is 16. The van der Waals surface area contributed by atoms with Crippen LogP contribution in [0.3, 0.4) is 0 Å². The molecule has 0 bridgehead atoms. The summed E-state index contributed by atoms with van der Waals surface area (Å²) in [5, 5.41) is 18.3. The number of aryl methyl sites for hydroxylation is 5. The van der Waals surface area contributed by atoms with E-state index < -0.39 is 0 Å². The fourth-order valence-electron chi connectivity index (χ4n) is 18.6. The minimum atomic E-state index is -0.333. The van der Waals surface area contributed by atoms with Crippen molar-refractivity contribution < 1.29 is 48.1 Å². The van der Waals surface area contributed by atoms with Gasteiger partial charge in [-0.25, -0.2) is 0 Å². The number of rotatable bonds is 12. The largest absolute Gasteiger partial charge is 0.504 e. The van der Waals surface area contributed by atoms with Gasteiger partial charge in [0.15, 0.2) is 11.5 Å². The molecule has 6 amide bonds. The van der Waals surface area contributed by atoms with Crippen molar-refractivity contribution in [2.75, 3.05) is 153 Å². The van der Waals surface area contributed by atoms with Crippen LogP contribution in [0, 0.1) is 46.3 Å². The Balaban J connectivity index is 0.000000202. The van der Waals surface area contributed by atoms with E-state index in [1.165, 1.54) is 77.4 Å². The zero-order chi connectivity index (χ0) is 107. The first-order valence-electron chi connectivity index (χ1n) is 52.7. The van der Waals surface area contributed by atoms with Crippen LogP contribution in [-0.4, -0.2) is 235 Å². The van der Waals surface area contributed by atoms with Crippen LogP contribution in [0.4, 0.5) is 17.1 Å². The minimum absolute atomic E-state index is 0.113. The standard InChI is InChI=1S/C17H26N2O.C16H23ClN2O.C16H24N2O3.C16H23NO2.C15H22O.C14H20N2O.C13H22N4O.C13H20/c1-5-14-7-6-8-15(13-14)18-9-11-19(12-10-18)16(20)17(2,3)4;1-12-5-6-13(11-14(12)17)18-7-9-19(10-8-18)15(20)16(2,3)4;1-16(2,3)15(20)18-9-7-17(8-10-18)12-5-6-14(21-4)13(19)11-12;1-16(2,3)15(18)17-9-10-19-14(12-17)11-13-7-5-4-6-8-13;1-15(2,3)12-8-10-14(11-9-12)16-13-6-4-5-7-13;1-14(2,3)13(17)16-9-6-12(10-16)11-4-7-15-8-5-11;1-13(2,3)12(18)17-8-7-14-10(9-17)11-5-6-15-16(11)4;1-6-11-7-8-12(10(2)9-11)13(3,4)5/h6-8,13H,5,9-12H2,1-4H3;5-6,11H,7-10H2,1-4H3;5-6,11,19H,7-10H2,1-4H3;4-8,14H,9-12H2,1-3H3;8-11,13H,4-7H2,1-3H3;4-5,7-8,12H,6,9-10H2,1-3H3;5-6,10,14H,7-9H2,1-4H3;7-9H,6H2,1-5H3. The van der Waals surface area contributed by atoms with Crippen molar-refractivity contribution in [3.05, 3.63) is 225 Å². The van der Waals surface area contributed by atoms with Crippen molar-refractivity contribution in [2.24, 2.45) is 39.5 Å². The first kappa shape index (κ1) is 119. The highest BCUT2D eigenvalue weighted by atomic mass is 35.5. The van der Waals surface area contributed by atoms with Crippen LogP contribution in [0.2, 0.25) is 5.02 Å². The number of morpholine rings is 1. The highest BCUT2D eigenvalue weighted by Crippen LogP contribution is 2.37. The molecule has 8 aromatic rings. The summed E-state index contributed by atoms with van der Waals surface area (Å²) < 4.78 is 18.6.